The zero-order valence-corrected chi connectivity index (χ0v) is 24.2. The summed E-state index contributed by atoms with van der Waals surface area (Å²) < 4.78 is 83.0. The largest absolute Gasteiger partial charge is 0.425 e. The third-order valence-corrected chi connectivity index (χ3v) is 6.07. The number of hydrogen-bond acceptors (Lipinski definition) is 13. The molecule has 2 unspecified atom stereocenters. The van der Waals surface area contributed by atoms with Gasteiger partial charge in [-0.15, -0.1) is 12.6 Å². The number of nitrogens with zero attached hydrogens (tertiary/aromatic N) is 3. The molecule has 0 amide bonds. The lowest BCUT2D eigenvalue weighted by Gasteiger charge is -2.32. The van der Waals surface area contributed by atoms with Crippen LogP contribution in [-0.2, 0) is 30.8 Å². The Morgan fingerprint density at radius 2 is 1.45 bits per heavy atom. The SMILES string of the molecule is CC.CC.CS(=O)(=O)NC1CCCCC1Nc1nc(N)nc(Nc2cccc(S(=O)(=O)O)c2)n1.O=S(=O)=O. The monoisotopic (exact) mass is 597 g/mol. The molecule has 2 atom stereocenters. The van der Waals surface area contributed by atoms with Gasteiger partial charge in [-0.1, -0.05) is 46.6 Å². The summed E-state index contributed by atoms with van der Waals surface area (Å²) in [5.74, 6) is 0.133. The molecule has 0 aliphatic heterocycles. The van der Waals surface area contributed by atoms with Gasteiger partial charge in [-0.25, -0.2) is 13.1 Å². The van der Waals surface area contributed by atoms with Gasteiger partial charge in [0.2, 0.25) is 27.9 Å². The van der Waals surface area contributed by atoms with Crippen LogP contribution in [0.1, 0.15) is 53.4 Å². The van der Waals surface area contributed by atoms with E-state index >= 15 is 0 Å². The lowest BCUT2D eigenvalue weighted by atomic mass is 9.91. The van der Waals surface area contributed by atoms with Crippen LogP contribution < -0.4 is 21.1 Å². The van der Waals surface area contributed by atoms with Crippen molar-refractivity contribution in [3.05, 3.63) is 24.3 Å². The van der Waals surface area contributed by atoms with Crippen LogP contribution in [0.25, 0.3) is 0 Å². The summed E-state index contributed by atoms with van der Waals surface area (Å²) >= 11 is 0. The van der Waals surface area contributed by atoms with Crippen LogP contribution in [0.2, 0.25) is 0 Å². The molecule has 15 nitrogen and oxygen atoms in total. The van der Waals surface area contributed by atoms with Crippen LogP contribution in [0.4, 0.5) is 23.5 Å². The predicted octanol–water partition coefficient (Wildman–Crippen LogP) is 1.76. The van der Waals surface area contributed by atoms with Crippen LogP contribution in [0, 0.1) is 0 Å². The molecule has 6 N–H and O–H groups in total. The zero-order valence-electron chi connectivity index (χ0n) is 21.7. The van der Waals surface area contributed by atoms with Crippen molar-refractivity contribution in [3.63, 3.8) is 0 Å². The van der Waals surface area contributed by atoms with E-state index in [4.69, 9.17) is 18.4 Å². The first-order valence-electron chi connectivity index (χ1n) is 11.6. The van der Waals surface area contributed by atoms with E-state index in [1.54, 1.807) is 6.07 Å². The molecule has 3 rings (SSSR count). The Morgan fingerprint density at radius 1 is 0.921 bits per heavy atom. The van der Waals surface area contributed by atoms with Gasteiger partial charge in [-0.2, -0.15) is 23.4 Å². The number of aromatic nitrogens is 3. The molecule has 1 aliphatic carbocycles. The van der Waals surface area contributed by atoms with Gasteiger partial charge in [0.15, 0.2) is 0 Å². The van der Waals surface area contributed by atoms with E-state index in [0.29, 0.717) is 12.1 Å². The summed E-state index contributed by atoms with van der Waals surface area (Å²) in [6.07, 6.45) is 4.34. The van der Waals surface area contributed by atoms with Crippen molar-refractivity contribution in [1.29, 1.82) is 0 Å². The maximum atomic E-state index is 11.6. The maximum Gasteiger partial charge on any atom is 0.425 e. The summed E-state index contributed by atoms with van der Waals surface area (Å²) in [5, 5.41) is 5.93. The average Bonchev–Trinajstić information content (AvgIpc) is 2.81. The summed E-state index contributed by atoms with van der Waals surface area (Å²) in [7, 11) is -10.8. The Morgan fingerprint density at radius 3 is 1.97 bits per heavy atom. The molecule has 216 valence electrons. The highest BCUT2D eigenvalue weighted by Crippen LogP contribution is 2.23. The molecule has 38 heavy (non-hydrogen) atoms. The van der Waals surface area contributed by atoms with E-state index in [9.17, 15) is 21.4 Å². The maximum absolute atomic E-state index is 11.6. The first-order valence-corrected chi connectivity index (χ1v) is 15.9. The summed E-state index contributed by atoms with van der Waals surface area (Å²) in [4.78, 5) is 12.0. The number of hydrogen-bond donors (Lipinski definition) is 5. The molecular formula is C20H35N7O8S3. The van der Waals surface area contributed by atoms with Crippen molar-refractivity contribution in [2.45, 2.75) is 70.4 Å². The van der Waals surface area contributed by atoms with Gasteiger partial charge in [0.1, 0.15) is 0 Å². The van der Waals surface area contributed by atoms with Crippen molar-refractivity contribution in [2.75, 3.05) is 22.6 Å². The second kappa shape index (κ2) is 16.8. The van der Waals surface area contributed by atoms with Crippen molar-refractivity contribution in [3.8, 4) is 0 Å². The van der Waals surface area contributed by atoms with Crippen molar-refractivity contribution < 1.29 is 34.0 Å². The third kappa shape index (κ3) is 14.1. The summed E-state index contributed by atoms with van der Waals surface area (Å²) in [5.41, 5.74) is 6.08. The Bertz CT molecular complexity index is 1330. The van der Waals surface area contributed by atoms with E-state index in [2.05, 4.69) is 30.3 Å². The molecule has 1 aromatic carbocycles. The second-order valence-corrected chi connectivity index (χ2v) is 10.8. The minimum Gasteiger partial charge on any atom is -0.368 e. The van der Waals surface area contributed by atoms with Gasteiger partial charge in [0, 0.05) is 17.8 Å². The average molecular weight is 598 g/mol. The quantitative estimate of drug-likeness (QED) is 0.286. The van der Waals surface area contributed by atoms with Gasteiger partial charge in [-0.3, -0.25) is 4.55 Å². The second-order valence-electron chi connectivity index (χ2n) is 7.20. The number of nitrogens with one attached hydrogen (secondary N) is 3. The smallest absolute Gasteiger partial charge is 0.368 e. The molecule has 2 aromatic rings. The van der Waals surface area contributed by atoms with Crippen LogP contribution in [0.15, 0.2) is 29.2 Å². The molecule has 1 fully saturated rings. The molecule has 0 spiro atoms. The van der Waals surface area contributed by atoms with Crippen molar-refractivity contribution in [2.24, 2.45) is 0 Å². The first-order chi connectivity index (χ1) is 17.7. The molecule has 1 aromatic heterocycles. The van der Waals surface area contributed by atoms with E-state index in [-0.39, 0.29) is 34.8 Å². The highest BCUT2D eigenvalue weighted by Gasteiger charge is 2.28. The Hall–Kier alpha value is -2.93. The van der Waals surface area contributed by atoms with Gasteiger partial charge >= 0.3 is 10.6 Å². The fourth-order valence-electron chi connectivity index (χ4n) is 3.26. The number of rotatable bonds is 7. The summed E-state index contributed by atoms with van der Waals surface area (Å²) in [6, 6.07) is 4.93. The predicted molar refractivity (Wildman–Crippen MR) is 144 cm³/mol. The fourth-order valence-corrected chi connectivity index (χ4v) is 4.62. The van der Waals surface area contributed by atoms with Crippen LogP contribution in [0.3, 0.4) is 0 Å². The van der Waals surface area contributed by atoms with Crippen LogP contribution >= 0.6 is 0 Å². The Labute approximate surface area is 224 Å². The van der Waals surface area contributed by atoms with E-state index in [1.165, 1.54) is 18.2 Å². The van der Waals surface area contributed by atoms with Gasteiger partial charge in [0.25, 0.3) is 10.1 Å². The molecule has 1 aliphatic rings. The normalized spacial score (nSPS) is 16.7. The number of nitrogen functional groups attached to an aromatic ring is 1. The van der Waals surface area contributed by atoms with Crippen molar-refractivity contribution >= 4 is 54.3 Å². The minimum atomic E-state index is -4.36. The molecule has 1 heterocycles. The Kier molecular flexibility index (Phi) is 15.5. The minimum absolute atomic E-state index is 0.0564. The highest BCUT2D eigenvalue weighted by atomic mass is 32.2. The van der Waals surface area contributed by atoms with Gasteiger partial charge < -0.3 is 16.4 Å². The topological polar surface area (TPSA) is 240 Å². The van der Waals surface area contributed by atoms with Crippen molar-refractivity contribution in [1.82, 2.24) is 19.7 Å². The van der Waals surface area contributed by atoms with E-state index in [1.807, 2.05) is 27.7 Å². The van der Waals surface area contributed by atoms with Crippen LogP contribution in [0.5, 0.6) is 0 Å². The molecule has 0 saturated heterocycles. The molecule has 0 radical (unpaired) electrons. The van der Waals surface area contributed by atoms with Gasteiger partial charge in [0.05, 0.1) is 11.2 Å². The highest BCUT2D eigenvalue weighted by molar-refractivity contribution is 7.88. The first kappa shape index (κ1) is 35.1. The number of sulfonamides is 1. The number of benzene rings is 1. The zero-order chi connectivity index (χ0) is 29.5. The third-order valence-electron chi connectivity index (χ3n) is 4.49. The molecule has 0 bridgehead atoms. The summed E-state index contributed by atoms with van der Waals surface area (Å²) in [6.45, 7) is 8.00. The lowest BCUT2D eigenvalue weighted by Crippen LogP contribution is -2.48. The van der Waals surface area contributed by atoms with Gasteiger partial charge in [-0.05, 0) is 31.0 Å². The standard InChI is InChI=1S/C16H23N7O5S2.2C2H6.O3S/c1-29(24,25)23-13-8-3-2-7-12(13)19-16-21-14(17)20-15(22-16)18-10-5-4-6-11(9-10)30(26,27)28;2*1-2;1-4(2)3/h4-6,9,12-13,23H,2-3,7-8H2,1H3,(H,26,27,28)(H4,17,18,19,20,21,22);2*1-2H3;. The molecule has 18 heteroatoms. The van der Waals surface area contributed by atoms with E-state index in [0.717, 1.165) is 25.5 Å². The Balaban J connectivity index is 0.00000153. The number of anilines is 4. The fraction of sp³-hybridized carbons (Fsp3) is 0.550. The molecular weight excluding hydrogens is 562 g/mol. The van der Waals surface area contributed by atoms with E-state index < -0.39 is 30.8 Å². The lowest BCUT2D eigenvalue weighted by molar-refractivity contribution is 0.378. The molecule has 1 saturated carbocycles. The van der Waals surface area contributed by atoms with Crippen LogP contribution in [-0.4, -0.2) is 67.3 Å². The number of nitrogens with two attached hydrogens (primary N) is 1.